The Morgan fingerprint density at radius 3 is 2.33 bits per heavy atom. The van der Waals surface area contributed by atoms with Crippen LogP contribution in [0.15, 0.2) is 4.36 Å². The molecule has 3 atom stereocenters. The molecule has 0 aliphatic heterocycles. The van der Waals surface area contributed by atoms with Crippen LogP contribution in [-0.2, 0) is 14.4 Å². The summed E-state index contributed by atoms with van der Waals surface area (Å²) in [7, 11) is -4.85. The molecular weight excluding hydrogens is 288 g/mol. The van der Waals surface area contributed by atoms with Crippen molar-refractivity contribution in [3.63, 3.8) is 0 Å². The van der Waals surface area contributed by atoms with E-state index < -0.39 is 40.3 Å². The summed E-state index contributed by atoms with van der Waals surface area (Å²) >= 11 is 0. The van der Waals surface area contributed by atoms with E-state index in [-0.39, 0.29) is 19.3 Å². The molecule has 10 heteroatoms. The average molecular weight is 299 g/mol. The second-order valence-corrected chi connectivity index (χ2v) is 5.73. The van der Waals surface area contributed by atoms with Gasteiger partial charge in [-0.3, -0.25) is 0 Å². The third-order valence-corrected chi connectivity index (χ3v) is 3.94. The van der Waals surface area contributed by atoms with E-state index in [1.807, 2.05) is 0 Å². The minimum atomic E-state index is -4.85. The Balaban J connectivity index is 2.85. The van der Waals surface area contributed by atoms with Crippen LogP contribution in [0, 0.1) is 5.92 Å². The largest absolute Gasteiger partial charge is 0.391 e. The summed E-state index contributed by atoms with van der Waals surface area (Å²) in [5.41, 5.74) is 0. The second kappa shape index (κ2) is 5.64. The SMILES string of the molecule is O=S(=NC1CCCC(C(F)(F)F)C1)(OF)C(F)F. The molecule has 0 radical (unpaired) electrons. The molecule has 0 amide bonds. The highest BCUT2D eigenvalue weighted by Crippen LogP contribution is 2.39. The van der Waals surface area contributed by atoms with Crippen molar-refractivity contribution in [2.75, 3.05) is 0 Å². The average Bonchev–Trinajstić information content (AvgIpc) is 2.28. The zero-order valence-corrected chi connectivity index (χ0v) is 9.82. The summed E-state index contributed by atoms with van der Waals surface area (Å²) < 4.78 is 90.2. The Kier molecular flexibility index (Phi) is 4.87. The molecule has 0 spiro atoms. The van der Waals surface area contributed by atoms with Crippen molar-refractivity contribution in [2.45, 2.75) is 43.7 Å². The first-order chi connectivity index (χ1) is 8.19. The highest BCUT2D eigenvalue weighted by Gasteiger charge is 2.42. The molecule has 1 aliphatic carbocycles. The summed E-state index contributed by atoms with van der Waals surface area (Å²) in [4.78, 5) is 0. The molecule has 1 fully saturated rings. The number of halogens is 6. The molecule has 0 aromatic carbocycles. The molecule has 0 N–H and O–H groups in total. The Morgan fingerprint density at radius 1 is 1.28 bits per heavy atom. The van der Waals surface area contributed by atoms with Crippen LogP contribution in [0.2, 0.25) is 0 Å². The van der Waals surface area contributed by atoms with Crippen LogP contribution >= 0.6 is 0 Å². The van der Waals surface area contributed by atoms with Crippen LogP contribution in [-0.4, -0.2) is 22.2 Å². The standard InChI is InChI=1S/C8H11F6NO2S/c9-7(10)18(16,17-14)15-6-3-1-2-5(4-6)8(11,12)13/h5-7H,1-4H2. The van der Waals surface area contributed by atoms with E-state index in [2.05, 4.69) is 8.75 Å². The Morgan fingerprint density at radius 2 is 1.89 bits per heavy atom. The molecule has 0 saturated heterocycles. The fourth-order valence-electron chi connectivity index (χ4n) is 1.85. The van der Waals surface area contributed by atoms with Crippen molar-refractivity contribution < 1.29 is 35.1 Å². The van der Waals surface area contributed by atoms with Crippen LogP contribution in [0.1, 0.15) is 25.7 Å². The van der Waals surface area contributed by atoms with Gasteiger partial charge in [0.05, 0.1) is 12.0 Å². The first-order valence-electron chi connectivity index (χ1n) is 5.09. The van der Waals surface area contributed by atoms with Crippen molar-refractivity contribution >= 4 is 10.0 Å². The molecule has 3 nitrogen and oxygen atoms in total. The van der Waals surface area contributed by atoms with Crippen LogP contribution in [0.5, 0.6) is 0 Å². The van der Waals surface area contributed by atoms with Gasteiger partial charge in [-0.2, -0.15) is 22.0 Å². The van der Waals surface area contributed by atoms with Gasteiger partial charge in [0, 0.05) is 0 Å². The van der Waals surface area contributed by atoms with E-state index in [9.17, 15) is 30.7 Å². The van der Waals surface area contributed by atoms with E-state index in [0.717, 1.165) is 0 Å². The molecule has 1 rings (SSSR count). The lowest BCUT2D eigenvalue weighted by molar-refractivity contribution is -0.182. The van der Waals surface area contributed by atoms with E-state index in [1.165, 1.54) is 0 Å². The van der Waals surface area contributed by atoms with Crippen LogP contribution in [0.3, 0.4) is 0 Å². The molecule has 1 aliphatic rings. The number of nitrogens with zero attached hydrogens (tertiary/aromatic N) is 1. The minimum Gasteiger partial charge on any atom is -0.212 e. The van der Waals surface area contributed by atoms with Crippen LogP contribution in [0.25, 0.3) is 0 Å². The summed E-state index contributed by atoms with van der Waals surface area (Å²) in [5, 5.41) is 0. The smallest absolute Gasteiger partial charge is 0.212 e. The molecule has 3 unspecified atom stereocenters. The second-order valence-electron chi connectivity index (χ2n) is 4.00. The fourth-order valence-corrected chi connectivity index (χ4v) is 2.64. The van der Waals surface area contributed by atoms with Crippen molar-refractivity contribution in [1.29, 1.82) is 0 Å². The minimum absolute atomic E-state index is 0.0552. The highest BCUT2D eigenvalue weighted by atomic mass is 32.2. The lowest BCUT2D eigenvalue weighted by atomic mass is 9.86. The Bertz CT molecular complexity index is 390. The van der Waals surface area contributed by atoms with Crippen LogP contribution < -0.4 is 0 Å². The molecule has 0 heterocycles. The molecule has 18 heavy (non-hydrogen) atoms. The van der Waals surface area contributed by atoms with E-state index in [0.29, 0.717) is 0 Å². The van der Waals surface area contributed by atoms with E-state index in [4.69, 9.17) is 0 Å². The van der Waals surface area contributed by atoms with Gasteiger partial charge in [0.1, 0.15) is 0 Å². The third kappa shape index (κ3) is 3.74. The first kappa shape index (κ1) is 15.5. The molecule has 1 saturated carbocycles. The Hall–Kier alpha value is -0.510. The fraction of sp³-hybridized carbons (Fsp3) is 1.00. The van der Waals surface area contributed by atoms with Gasteiger partial charge in [0.25, 0.3) is 10.0 Å². The maximum Gasteiger partial charge on any atom is 0.391 e. The van der Waals surface area contributed by atoms with E-state index >= 15 is 0 Å². The van der Waals surface area contributed by atoms with Gasteiger partial charge in [-0.15, -0.1) is 0 Å². The molecule has 0 bridgehead atoms. The maximum atomic E-state index is 12.4. The van der Waals surface area contributed by atoms with Gasteiger partial charge < -0.3 is 0 Å². The van der Waals surface area contributed by atoms with Gasteiger partial charge >= 0.3 is 11.9 Å². The highest BCUT2D eigenvalue weighted by molar-refractivity contribution is 7.89. The quantitative estimate of drug-likeness (QED) is 0.747. The Labute approximate surface area is 99.8 Å². The zero-order chi connectivity index (χ0) is 14.0. The zero-order valence-electron chi connectivity index (χ0n) is 9.00. The summed E-state index contributed by atoms with van der Waals surface area (Å²) in [6.07, 6.45) is -5.02. The predicted molar refractivity (Wildman–Crippen MR) is 50.6 cm³/mol. The topological polar surface area (TPSA) is 38.7 Å². The lowest BCUT2D eigenvalue weighted by Gasteiger charge is -2.28. The number of hydrogen-bond acceptors (Lipinski definition) is 3. The maximum absolute atomic E-state index is 12.4. The third-order valence-electron chi connectivity index (χ3n) is 2.72. The number of rotatable bonds is 3. The first-order valence-corrected chi connectivity index (χ1v) is 6.59. The van der Waals surface area contributed by atoms with Crippen molar-refractivity contribution in [1.82, 2.24) is 0 Å². The van der Waals surface area contributed by atoms with Gasteiger partial charge in [0.2, 0.25) is 0 Å². The monoisotopic (exact) mass is 299 g/mol. The van der Waals surface area contributed by atoms with E-state index in [1.54, 1.807) is 0 Å². The summed E-state index contributed by atoms with van der Waals surface area (Å²) in [6, 6.07) is -1.23. The molecule has 0 aromatic heterocycles. The lowest BCUT2D eigenvalue weighted by Crippen LogP contribution is -2.31. The predicted octanol–water partition coefficient (Wildman–Crippen LogP) is 3.61. The molecule has 108 valence electrons. The number of alkyl halides is 5. The number of hydrogen-bond donors (Lipinski definition) is 0. The van der Waals surface area contributed by atoms with Gasteiger partial charge in [-0.25, -0.2) is 8.57 Å². The van der Waals surface area contributed by atoms with Gasteiger partial charge in [-0.05, 0) is 23.8 Å². The normalized spacial score (nSPS) is 29.1. The van der Waals surface area contributed by atoms with Gasteiger partial charge in [-0.1, -0.05) is 10.8 Å². The van der Waals surface area contributed by atoms with Gasteiger partial charge in [0.15, 0.2) is 0 Å². The van der Waals surface area contributed by atoms with Crippen molar-refractivity contribution in [3.8, 4) is 0 Å². The molecular formula is C8H11F6NO2S. The summed E-state index contributed by atoms with van der Waals surface area (Å²) in [6.45, 7) is 0. The van der Waals surface area contributed by atoms with Crippen LogP contribution in [0.4, 0.5) is 26.5 Å². The van der Waals surface area contributed by atoms with Crippen molar-refractivity contribution in [3.05, 3.63) is 0 Å². The van der Waals surface area contributed by atoms with Crippen molar-refractivity contribution in [2.24, 2.45) is 10.3 Å². The molecule has 0 aromatic rings. The summed E-state index contributed by atoms with van der Waals surface area (Å²) in [5.74, 6) is -5.39.